The Kier molecular flexibility index (Phi) is 6.90. The molecule has 1 rings (SSSR count). The minimum Gasteiger partial charge on any atom is -0.465 e. The molecule has 3 nitrogen and oxygen atoms in total. The summed E-state index contributed by atoms with van der Waals surface area (Å²) in [6.07, 6.45) is 8.32. The topological polar surface area (TPSA) is 43.4 Å². The fourth-order valence-electron chi connectivity index (χ4n) is 2.17. The lowest BCUT2D eigenvalue weighted by molar-refractivity contribution is -0.150. The first-order chi connectivity index (χ1) is 8.24. The third-order valence-electron chi connectivity index (χ3n) is 3.37. The van der Waals surface area contributed by atoms with Gasteiger partial charge in [0.1, 0.15) is 5.78 Å². The molecule has 0 aromatic heterocycles. The first kappa shape index (κ1) is 14.2. The number of carbonyl (C=O) groups excluding carboxylic acids is 2. The van der Waals surface area contributed by atoms with Crippen LogP contribution in [-0.4, -0.2) is 18.4 Å². The second-order valence-corrected chi connectivity index (χ2v) is 4.89. The van der Waals surface area contributed by atoms with Crippen LogP contribution in [0.2, 0.25) is 0 Å². The van der Waals surface area contributed by atoms with Crippen LogP contribution in [-0.2, 0) is 14.3 Å². The molecule has 1 fully saturated rings. The lowest BCUT2D eigenvalue weighted by Gasteiger charge is -2.19. The highest BCUT2D eigenvalue weighted by Crippen LogP contribution is 2.22. The van der Waals surface area contributed by atoms with Crippen molar-refractivity contribution in [2.45, 2.75) is 64.7 Å². The van der Waals surface area contributed by atoms with Crippen LogP contribution >= 0.6 is 0 Å². The Morgan fingerprint density at radius 3 is 2.47 bits per heavy atom. The molecule has 0 spiro atoms. The van der Waals surface area contributed by atoms with Crippen LogP contribution in [0.1, 0.15) is 64.7 Å². The number of hydrogen-bond donors (Lipinski definition) is 0. The summed E-state index contributed by atoms with van der Waals surface area (Å²) in [5.74, 6) is 0.171. The number of unbranched alkanes of at least 4 members (excludes halogenated alkanes) is 4. The second kappa shape index (κ2) is 8.26. The summed E-state index contributed by atoms with van der Waals surface area (Å²) < 4.78 is 5.25. The van der Waals surface area contributed by atoms with Crippen molar-refractivity contribution >= 4 is 11.8 Å². The number of ether oxygens (including phenoxy) is 1. The van der Waals surface area contributed by atoms with E-state index in [1.54, 1.807) is 0 Å². The molecule has 3 heteroatoms. The first-order valence-corrected chi connectivity index (χ1v) is 6.92. The Hall–Kier alpha value is -0.860. The van der Waals surface area contributed by atoms with E-state index in [-0.39, 0.29) is 17.7 Å². The standard InChI is InChI=1S/C14H24O3/c1-2-3-4-5-6-11-17-14(16)12-7-9-13(15)10-8-12/h12H,2-11H2,1H3. The average Bonchev–Trinajstić information content (AvgIpc) is 2.34. The molecule has 0 atom stereocenters. The summed E-state index contributed by atoms with van der Waals surface area (Å²) in [7, 11) is 0. The van der Waals surface area contributed by atoms with E-state index in [2.05, 4.69) is 6.92 Å². The summed E-state index contributed by atoms with van der Waals surface area (Å²) in [5, 5.41) is 0. The SMILES string of the molecule is CCCCCCCOC(=O)C1CCC(=O)CC1. The van der Waals surface area contributed by atoms with Gasteiger partial charge in [-0.15, -0.1) is 0 Å². The van der Waals surface area contributed by atoms with Crippen LogP contribution in [0.5, 0.6) is 0 Å². The van der Waals surface area contributed by atoms with Crippen molar-refractivity contribution in [2.24, 2.45) is 5.92 Å². The van der Waals surface area contributed by atoms with E-state index in [1.165, 1.54) is 19.3 Å². The number of carbonyl (C=O) groups is 2. The predicted molar refractivity (Wildman–Crippen MR) is 66.7 cm³/mol. The maximum atomic E-state index is 11.7. The van der Waals surface area contributed by atoms with Crippen molar-refractivity contribution in [3.63, 3.8) is 0 Å². The molecule has 1 saturated carbocycles. The summed E-state index contributed by atoms with van der Waals surface area (Å²) in [6.45, 7) is 2.73. The number of ketones is 1. The van der Waals surface area contributed by atoms with Gasteiger partial charge in [0, 0.05) is 12.8 Å². The molecule has 1 aliphatic carbocycles. The minimum atomic E-state index is -0.0898. The van der Waals surface area contributed by atoms with Crippen molar-refractivity contribution in [2.75, 3.05) is 6.61 Å². The molecule has 0 bridgehead atoms. The predicted octanol–water partition coefficient (Wildman–Crippen LogP) is 3.26. The van der Waals surface area contributed by atoms with Crippen LogP contribution < -0.4 is 0 Å². The fraction of sp³-hybridized carbons (Fsp3) is 0.857. The van der Waals surface area contributed by atoms with Crippen LogP contribution in [0.3, 0.4) is 0 Å². The fourth-order valence-corrected chi connectivity index (χ4v) is 2.17. The van der Waals surface area contributed by atoms with Gasteiger partial charge in [-0.25, -0.2) is 0 Å². The Bertz CT molecular complexity index is 238. The van der Waals surface area contributed by atoms with Crippen LogP contribution in [0.25, 0.3) is 0 Å². The van der Waals surface area contributed by atoms with Crippen molar-refractivity contribution in [1.82, 2.24) is 0 Å². The van der Waals surface area contributed by atoms with E-state index in [0.717, 1.165) is 12.8 Å². The van der Waals surface area contributed by atoms with Crippen LogP contribution in [0, 0.1) is 5.92 Å². The molecule has 0 aromatic rings. The molecule has 0 radical (unpaired) electrons. The summed E-state index contributed by atoms with van der Waals surface area (Å²) >= 11 is 0. The average molecular weight is 240 g/mol. The normalized spacial score (nSPS) is 17.1. The lowest BCUT2D eigenvalue weighted by Crippen LogP contribution is -2.24. The quantitative estimate of drug-likeness (QED) is 0.506. The number of Topliss-reactive ketones (excluding diaryl/α,β-unsaturated/α-hetero) is 1. The molecule has 0 unspecified atom stereocenters. The van der Waals surface area contributed by atoms with Crippen LogP contribution in [0.15, 0.2) is 0 Å². The molecule has 0 amide bonds. The van der Waals surface area contributed by atoms with Gasteiger partial charge in [-0.3, -0.25) is 9.59 Å². The van der Waals surface area contributed by atoms with Crippen molar-refractivity contribution in [3.05, 3.63) is 0 Å². The van der Waals surface area contributed by atoms with Gasteiger partial charge in [-0.1, -0.05) is 32.6 Å². The van der Waals surface area contributed by atoms with Crippen molar-refractivity contribution in [1.29, 1.82) is 0 Å². The number of hydrogen-bond acceptors (Lipinski definition) is 3. The zero-order chi connectivity index (χ0) is 12.5. The second-order valence-electron chi connectivity index (χ2n) is 4.89. The van der Waals surface area contributed by atoms with E-state index in [4.69, 9.17) is 4.74 Å². The summed E-state index contributed by atoms with van der Waals surface area (Å²) in [4.78, 5) is 22.7. The van der Waals surface area contributed by atoms with E-state index >= 15 is 0 Å². The Balaban J connectivity index is 2.03. The Labute approximate surface area is 104 Å². The molecule has 1 aliphatic rings. The monoisotopic (exact) mass is 240 g/mol. The number of rotatable bonds is 7. The van der Waals surface area contributed by atoms with E-state index in [1.807, 2.05) is 0 Å². The van der Waals surface area contributed by atoms with Crippen molar-refractivity contribution < 1.29 is 14.3 Å². The first-order valence-electron chi connectivity index (χ1n) is 6.92. The molecule has 0 aromatic carbocycles. The molecule has 0 saturated heterocycles. The molecular formula is C14H24O3. The van der Waals surface area contributed by atoms with E-state index < -0.39 is 0 Å². The molecule has 0 aliphatic heterocycles. The maximum absolute atomic E-state index is 11.7. The van der Waals surface area contributed by atoms with Crippen molar-refractivity contribution in [3.8, 4) is 0 Å². The van der Waals surface area contributed by atoms with E-state index in [9.17, 15) is 9.59 Å². The highest BCUT2D eigenvalue weighted by atomic mass is 16.5. The highest BCUT2D eigenvalue weighted by Gasteiger charge is 2.25. The third kappa shape index (κ3) is 5.85. The van der Waals surface area contributed by atoms with Gasteiger partial charge in [0.2, 0.25) is 0 Å². The van der Waals surface area contributed by atoms with E-state index in [0.29, 0.717) is 32.3 Å². The summed E-state index contributed by atoms with van der Waals surface area (Å²) in [5.41, 5.74) is 0. The molecule has 0 N–H and O–H groups in total. The zero-order valence-electron chi connectivity index (χ0n) is 10.9. The lowest BCUT2D eigenvalue weighted by atomic mass is 9.88. The largest absolute Gasteiger partial charge is 0.465 e. The van der Waals surface area contributed by atoms with Gasteiger partial charge in [-0.2, -0.15) is 0 Å². The summed E-state index contributed by atoms with van der Waals surface area (Å²) in [6, 6.07) is 0. The third-order valence-corrected chi connectivity index (χ3v) is 3.37. The van der Waals surface area contributed by atoms with Gasteiger partial charge in [-0.05, 0) is 19.3 Å². The molecule has 98 valence electrons. The molecule has 17 heavy (non-hydrogen) atoms. The molecular weight excluding hydrogens is 216 g/mol. The maximum Gasteiger partial charge on any atom is 0.308 e. The van der Waals surface area contributed by atoms with Gasteiger partial charge in [0.15, 0.2) is 0 Å². The smallest absolute Gasteiger partial charge is 0.308 e. The van der Waals surface area contributed by atoms with Gasteiger partial charge >= 0.3 is 5.97 Å². The molecule has 0 heterocycles. The van der Waals surface area contributed by atoms with Gasteiger partial charge in [0.25, 0.3) is 0 Å². The van der Waals surface area contributed by atoms with Gasteiger partial charge in [0.05, 0.1) is 12.5 Å². The van der Waals surface area contributed by atoms with Crippen LogP contribution in [0.4, 0.5) is 0 Å². The number of esters is 1. The van der Waals surface area contributed by atoms with Gasteiger partial charge < -0.3 is 4.74 Å². The zero-order valence-corrected chi connectivity index (χ0v) is 10.9. The minimum absolute atomic E-state index is 0.0247. The Morgan fingerprint density at radius 1 is 1.18 bits per heavy atom. The highest BCUT2D eigenvalue weighted by molar-refractivity contribution is 5.82. The Morgan fingerprint density at radius 2 is 1.82 bits per heavy atom.